The zero-order chi connectivity index (χ0) is 22.0. The van der Waals surface area contributed by atoms with Crippen molar-refractivity contribution in [1.82, 2.24) is 0 Å². The van der Waals surface area contributed by atoms with Crippen molar-refractivity contribution in [1.29, 1.82) is 5.26 Å². The minimum absolute atomic E-state index is 0.535. The molecule has 0 radical (unpaired) electrons. The highest BCUT2D eigenvalue weighted by molar-refractivity contribution is 5.60. The first-order valence-corrected chi connectivity index (χ1v) is 12.2. The van der Waals surface area contributed by atoms with E-state index >= 15 is 0 Å². The molecule has 0 saturated carbocycles. The first-order valence-electron chi connectivity index (χ1n) is 12.2. The Labute approximate surface area is 186 Å². The summed E-state index contributed by atoms with van der Waals surface area (Å²) in [5.41, 5.74) is 4.56. The van der Waals surface area contributed by atoms with E-state index in [0.717, 1.165) is 25.0 Å². The molecular formula is C28H44N2. The molecule has 1 aromatic carbocycles. The summed E-state index contributed by atoms with van der Waals surface area (Å²) in [6.45, 7) is 13.2. The van der Waals surface area contributed by atoms with Gasteiger partial charge in [-0.15, -0.1) is 0 Å². The molecule has 0 amide bonds. The molecule has 1 aromatic rings. The largest absolute Gasteiger partial charge is 0.385 e. The SMILES string of the molecule is C=Cc1cc(NCCCCCCCCCCCCCCC(=C)C#N)ccc1C(C)C. The number of nitrogens with one attached hydrogen (secondary N) is 1. The van der Waals surface area contributed by atoms with Crippen molar-refractivity contribution in [2.24, 2.45) is 0 Å². The molecule has 0 aliphatic rings. The van der Waals surface area contributed by atoms with Crippen LogP contribution in [0, 0.1) is 11.3 Å². The Balaban J connectivity index is 1.93. The highest BCUT2D eigenvalue weighted by Gasteiger charge is 2.05. The third-order valence-electron chi connectivity index (χ3n) is 5.82. The number of nitriles is 1. The van der Waals surface area contributed by atoms with Gasteiger partial charge in [0.1, 0.15) is 0 Å². The van der Waals surface area contributed by atoms with Crippen molar-refractivity contribution in [2.75, 3.05) is 11.9 Å². The van der Waals surface area contributed by atoms with E-state index in [0.29, 0.717) is 5.92 Å². The van der Waals surface area contributed by atoms with Crippen LogP contribution < -0.4 is 5.32 Å². The van der Waals surface area contributed by atoms with Gasteiger partial charge in [-0.25, -0.2) is 0 Å². The summed E-state index contributed by atoms with van der Waals surface area (Å²) in [6.07, 6.45) is 18.7. The molecule has 2 heteroatoms. The summed E-state index contributed by atoms with van der Waals surface area (Å²) in [7, 11) is 0. The monoisotopic (exact) mass is 408 g/mol. The molecule has 0 unspecified atom stereocenters. The summed E-state index contributed by atoms with van der Waals surface area (Å²) in [6, 6.07) is 8.79. The van der Waals surface area contributed by atoms with Gasteiger partial charge in [-0.05, 0) is 48.4 Å². The molecule has 0 aliphatic heterocycles. The van der Waals surface area contributed by atoms with Crippen LogP contribution in [-0.2, 0) is 0 Å². The van der Waals surface area contributed by atoms with E-state index in [2.05, 4.69) is 56.6 Å². The number of benzene rings is 1. The highest BCUT2D eigenvalue weighted by atomic mass is 14.9. The van der Waals surface area contributed by atoms with Crippen molar-refractivity contribution in [2.45, 2.75) is 103 Å². The quantitative estimate of drug-likeness (QED) is 0.194. The fourth-order valence-electron chi connectivity index (χ4n) is 3.91. The van der Waals surface area contributed by atoms with Crippen molar-refractivity contribution in [3.8, 4) is 6.07 Å². The first-order chi connectivity index (χ1) is 14.6. The minimum atomic E-state index is 0.535. The summed E-state index contributed by atoms with van der Waals surface area (Å²) in [4.78, 5) is 0. The topological polar surface area (TPSA) is 35.8 Å². The Kier molecular flexibility index (Phi) is 14.5. The maximum absolute atomic E-state index is 8.67. The van der Waals surface area contributed by atoms with Crippen molar-refractivity contribution < 1.29 is 0 Å². The zero-order valence-corrected chi connectivity index (χ0v) is 19.6. The van der Waals surface area contributed by atoms with E-state index in [9.17, 15) is 0 Å². The van der Waals surface area contributed by atoms with Crippen LogP contribution in [-0.4, -0.2) is 6.54 Å². The predicted molar refractivity (Wildman–Crippen MR) is 134 cm³/mol. The van der Waals surface area contributed by atoms with Crippen LogP contribution in [0.4, 0.5) is 5.69 Å². The fraction of sp³-hybridized carbons (Fsp3) is 0.607. The fourth-order valence-corrected chi connectivity index (χ4v) is 3.91. The molecule has 0 spiro atoms. The van der Waals surface area contributed by atoms with E-state index in [-0.39, 0.29) is 0 Å². The van der Waals surface area contributed by atoms with E-state index in [1.807, 2.05) is 6.08 Å². The van der Waals surface area contributed by atoms with E-state index < -0.39 is 0 Å². The van der Waals surface area contributed by atoms with Crippen LogP contribution in [0.2, 0.25) is 0 Å². The molecule has 0 heterocycles. The first kappa shape index (κ1) is 26.0. The Hall–Kier alpha value is -2.01. The lowest BCUT2D eigenvalue weighted by Crippen LogP contribution is -2.02. The zero-order valence-electron chi connectivity index (χ0n) is 19.6. The van der Waals surface area contributed by atoms with E-state index in [1.165, 1.54) is 87.4 Å². The Morgan fingerprint density at radius 2 is 1.47 bits per heavy atom. The lowest BCUT2D eigenvalue weighted by molar-refractivity contribution is 0.543. The average molecular weight is 409 g/mol. The molecule has 0 saturated heterocycles. The highest BCUT2D eigenvalue weighted by Crippen LogP contribution is 2.24. The summed E-state index contributed by atoms with van der Waals surface area (Å²) < 4.78 is 0. The van der Waals surface area contributed by atoms with Gasteiger partial charge in [0.15, 0.2) is 0 Å². The maximum atomic E-state index is 8.67. The smallest absolute Gasteiger partial charge is 0.0940 e. The number of rotatable bonds is 18. The number of nitrogens with zero attached hydrogens (tertiary/aromatic N) is 1. The van der Waals surface area contributed by atoms with Crippen molar-refractivity contribution in [3.63, 3.8) is 0 Å². The predicted octanol–water partition coefficient (Wildman–Crippen LogP) is 9.02. The van der Waals surface area contributed by atoms with Crippen LogP contribution in [0.15, 0.2) is 36.9 Å². The second-order valence-electron chi connectivity index (χ2n) is 8.84. The molecule has 2 nitrogen and oxygen atoms in total. The summed E-state index contributed by atoms with van der Waals surface area (Å²) in [5.74, 6) is 0.535. The van der Waals surface area contributed by atoms with E-state index in [4.69, 9.17) is 5.26 Å². The molecule has 0 fully saturated rings. The van der Waals surface area contributed by atoms with Gasteiger partial charge in [0.05, 0.1) is 6.07 Å². The Morgan fingerprint density at radius 1 is 0.933 bits per heavy atom. The third-order valence-corrected chi connectivity index (χ3v) is 5.82. The van der Waals surface area contributed by atoms with Gasteiger partial charge >= 0.3 is 0 Å². The normalized spacial score (nSPS) is 10.7. The van der Waals surface area contributed by atoms with Crippen LogP contribution in [0.1, 0.15) is 114 Å². The minimum Gasteiger partial charge on any atom is -0.385 e. The number of allylic oxidation sites excluding steroid dienone is 1. The average Bonchev–Trinajstić information content (AvgIpc) is 2.75. The summed E-state index contributed by atoms with van der Waals surface area (Å²) in [5, 5.41) is 12.2. The second kappa shape index (κ2) is 16.8. The lowest BCUT2D eigenvalue weighted by Gasteiger charge is -2.13. The molecule has 0 atom stereocenters. The van der Waals surface area contributed by atoms with Gasteiger partial charge in [-0.1, -0.05) is 103 Å². The maximum Gasteiger partial charge on any atom is 0.0940 e. The lowest BCUT2D eigenvalue weighted by atomic mass is 9.96. The van der Waals surface area contributed by atoms with E-state index in [1.54, 1.807) is 0 Å². The van der Waals surface area contributed by atoms with Gasteiger partial charge in [0.2, 0.25) is 0 Å². The molecule has 1 rings (SSSR count). The van der Waals surface area contributed by atoms with Gasteiger partial charge in [-0.3, -0.25) is 0 Å². The summed E-state index contributed by atoms with van der Waals surface area (Å²) >= 11 is 0. The molecule has 1 N–H and O–H groups in total. The standard InChI is InChI=1S/C28H44N2/c1-5-26-22-27(19-20-28(26)24(2)3)30-21-17-15-13-11-9-7-6-8-10-12-14-16-18-25(4)23-29/h5,19-20,22,24,30H,1,4,6-18,21H2,2-3H3. The Bertz CT molecular complexity index is 651. The molecule has 0 aliphatic carbocycles. The molecule has 0 bridgehead atoms. The number of hydrogen-bond donors (Lipinski definition) is 1. The van der Waals surface area contributed by atoms with Crippen LogP contribution >= 0.6 is 0 Å². The van der Waals surface area contributed by atoms with Gasteiger partial charge in [-0.2, -0.15) is 5.26 Å². The number of anilines is 1. The molecule has 0 aromatic heterocycles. The van der Waals surface area contributed by atoms with Crippen molar-refractivity contribution >= 4 is 11.8 Å². The molecule has 30 heavy (non-hydrogen) atoms. The number of unbranched alkanes of at least 4 members (excludes halogenated alkanes) is 11. The molecular weight excluding hydrogens is 364 g/mol. The van der Waals surface area contributed by atoms with Gasteiger partial charge in [0.25, 0.3) is 0 Å². The van der Waals surface area contributed by atoms with Crippen LogP contribution in [0.5, 0.6) is 0 Å². The van der Waals surface area contributed by atoms with Crippen LogP contribution in [0.3, 0.4) is 0 Å². The molecule has 166 valence electrons. The third kappa shape index (κ3) is 11.9. The van der Waals surface area contributed by atoms with Gasteiger partial charge in [0, 0.05) is 17.8 Å². The number of hydrogen-bond acceptors (Lipinski definition) is 2. The van der Waals surface area contributed by atoms with Crippen molar-refractivity contribution in [3.05, 3.63) is 48.1 Å². The van der Waals surface area contributed by atoms with Crippen LogP contribution in [0.25, 0.3) is 6.08 Å². The second-order valence-corrected chi connectivity index (χ2v) is 8.84. The Morgan fingerprint density at radius 3 is 1.97 bits per heavy atom. The van der Waals surface area contributed by atoms with Gasteiger partial charge < -0.3 is 5.32 Å².